The van der Waals surface area contributed by atoms with E-state index in [-0.39, 0.29) is 11.2 Å². The van der Waals surface area contributed by atoms with Gasteiger partial charge in [-0.1, -0.05) is 6.07 Å². The molecule has 0 spiro atoms. The van der Waals surface area contributed by atoms with Crippen LogP contribution in [0.3, 0.4) is 0 Å². The third-order valence-electron chi connectivity index (χ3n) is 2.24. The second-order valence-corrected chi connectivity index (χ2v) is 3.25. The average molecular weight is 231 g/mol. The molecule has 0 fully saturated rings. The SMILES string of the molecule is O=[N+]([O-])c1cccc2[nH]c(-n3cnnn3)nc12. The van der Waals surface area contributed by atoms with Gasteiger partial charge in [-0.05, 0) is 16.5 Å². The monoisotopic (exact) mass is 231 g/mol. The number of nitro groups is 1. The predicted octanol–water partition coefficient (Wildman–Crippen LogP) is 0.447. The van der Waals surface area contributed by atoms with Gasteiger partial charge >= 0.3 is 0 Å². The van der Waals surface area contributed by atoms with Gasteiger partial charge in [-0.2, -0.15) is 4.68 Å². The van der Waals surface area contributed by atoms with E-state index in [4.69, 9.17) is 0 Å². The lowest BCUT2D eigenvalue weighted by Gasteiger charge is -1.90. The van der Waals surface area contributed by atoms with Crippen molar-refractivity contribution in [2.45, 2.75) is 0 Å². The molecule has 9 heteroatoms. The lowest BCUT2D eigenvalue weighted by molar-refractivity contribution is -0.383. The smallest absolute Gasteiger partial charge is 0.297 e. The highest BCUT2D eigenvalue weighted by Gasteiger charge is 2.16. The molecule has 1 N–H and O–H groups in total. The fourth-order valence-corrected chi connectivity index (χ4v) is 1.52. The van der Waals surface area contributed by atoms with E-state index in [9.17, 15) is 10.1 Å². The standard InChI is InChI=1S/C8H5N7O2/c16-15(17)6-3-1-2-5-7(6)11-8(10-5)14-4-9-12-13-14/h1-4H,(H,10,11). The highest BCUT2D eigenvalue weighted by atomic mass is 16.6. The molecule has 0 aliphatic carbocycles. The second kappa shape index (κ2) is 3.33. The van der Waals surface area contributed by atoms with Crippen LogP contribution in [0.2, 0.25) is 0 Å². The molecular formula is C8H5N7O2. The van der Waals surface area contributed by atoms with Crippen molar-refractivity contribution in [1.29, 1.82) is 0 Å². The molecule has 0 atom stereocenters. The lowest BCUT2D eigenvalue weighted by atomic mass is 10.3. The number of nitrogens with one attached hydrogen (secondary N) is 1. The molecule has 0 radical (unpaired) electrons. The molecule has 0 amide bonds. The summed E-state index contributed by atoms with van der Waals surface area (Å²) in [6, 6.07) is 4.68. The molecule has 0 aliphatic rings. The van der Waals surface area contributed by atoms with Gasteiger partial charge in [-0.25, -0.2) is 4.98 Å². The largest absolute Gasteiger partial charge is 0.322 e. The minimum Gasteiger partial charge on any atom is -0.322 e. The van der Waals surface area contributed by atoms with Crippen LogP contribution in [-0.4, -0.2) is 35.1 Å². The minimum absolute atomic E-state index is 0.0573. The van der Waals surface area contributed by atoms with Crippen LogP contribution in [0.5, 0.6) is 0 Å². The van der Waals surface area contributed by atoms with Crippen molar-refractivity contribution in [3.8, 4) is 5.95 Å². The van der Waals surface area contributed by atoms with Gasteiger partial charge in [0.25, 0.3) is 5.69 Å². The minimum atomic E-state index is -0.480. The Bertz CT molecular complexity index is 687. The Morgan fingerprint density at radius 3 is 3.00 bits per heavy atom. The fraction of sp³-hybridized carbons (Fsp3) is 0. The van der Waals surface area contributed by atoms with Crippen molar-refractivity contribution in [3.05, 3.63) is 34.6 Å². The van der Waals surface area contributed by atoms with Crippen molar-refractivity contribution in [1.82, 2.24) is 30.2 Å². The number of para-hydroxylation sites is 1. The number of imidazole rings is 1. The Morgan fingerprint density at radius 1 is 1.41 bits per heavy atom. The number of rotatable bonds is 2. The molecule has 3 aromatic rings. The second-order valence-electron chi connectivity index (χ2n) is 3.25. The van der Waals surface area contributed by atoms with Crippen LogP contribution >= 0.6 is 0 Å². The van der Waals surface area contributed by atoms with Gasteiger partial charge in [0.1, 0.15) is 6.33 Å². The van der Waals surface area contributed by atoms with Gasteiger partial charge in [-0.15, -0.1) is 5.10 Å². The molecule has 0 saturated heterocycles. The fourth-order valence-electron chi connectivity index (χ4n) is 1.52. The number of hydrogen-bond acceptors (Lipinski definition) is 6. The van der Waals surface area contributed by atoms with Crippen molar-refractivity contribution in [2.75, 3.05) is 0 Å². The zero-order valence-corrected chi connectivity index (χ0v) is 8.31. The van der Waals surface area contributed by atoms with E-state index in [0.29, 0.717) is 11.5 Å². The molecule has 17 heavy (non-hydrogen) atoms. The third-order valence-corrected chi connectivity index (χ3v) is 2.24. The number of non-ortho nitro benzene ring substituents is 1. The van der Waals surface area contributed by atoms with Crippen LogP contribution < -0.4 is 0 Å². The first-order valence-corrected chi connectivity index (χ1v) is 4.62. The van der Waals surface area contributed by atoms with Crippen molar-refractivity contribution < 1.29 is 4.92 Å². The van der Waals surface area contributed by atoms with E-state index in [0.717, 1.165) is 0 Å². The molecule has 1 aromatic carbocycles. The number of H-pyrrole nitrogens is 1. The van der Waals surface area contributed by atoms with E-state index in [1.54, 1.807) is 12.1 Å². The maximum absolute atomic E-state index is 10.8. The first-order valence-electron chi connectivity index (χ1n) is 4.62. The van der Waals surface area contributed by atoms with Crippen molar-refractivity contribution >= 4 is 16.7 Å². The molecule has 2 heterocycles. The Morgan fingerprint density at radius 2 is 2.29 bits per heavy atom. The van der Waals surface area contributed by atoms with E-state index in [1.165, 1.54) is 17.1 Å². The summed E-state index contributed by atoms with van der Waals surface area (Å²) in [5.41, 5.74) is 0.783. The van der Waals surface area contributed by atoms with Crippen LogP contribution in [0.25, 0.3) is 17.0 Å². The number of tetrazole rings is 1. The number of nitro benzene ring substituents is 1. The maximum atomic E-state index is 10.8. The van der Waals surface area contributed by atoms with Crippen LogP contribution in [0.1, 0.15) is 0 Å². The molecule has 3 rings (SSSR count). The Hall–Kier alpha value is -2.84. The molecule has 0 saturated carbocycles. The highest BCUT2D eigenvalue weighted by Crippen LogP contribution is 2.23. The van der Waals surface area contributed by atoms with Gasteiger partial charge in [-0.3, -0.25) is 10.1 Å². The summed E-state index contributed by atoms with van der Waals surface area (Å²) in [5, 5.41) is 21.4. The first kappa shape index (κ1) is 9.39. The van der Waals surface area contributed by atoms with E-state index < -0.39 is 4.92 Å². The maximum Gasteiger partial charge on any atom is 0.297 e. The topological polar surface area (TPSA) is 115 Å². The molecule has 0 bridgehead atoms. The average Bonchev–Trinajstić information content (AvgIpc) is 2.96. The summed E-state index contributed by atoms with van der Waals surface area (Å²) in [7, 11) is 0. The van der Waals surface area contributed by atoms with Crippen LogP contribution in [0, 0.1) is 10.1 Å². The number of aromatic nitrogens is 6. The molecule has 9 nitrogen and oxygen atoms in total. The van der Waals surface area contributed by atoms with E-state index in [2.05, 4.69) is 25.5 Å². The molecule has 0 unspecified atom stereocenters. The third kappa shape index (κ3) is 1.40. The summed E-state index contributed by atoms with van der Waals surface area (Å²) in [6.07, 6.45) is 1.35. The van der Waals surface area contributed by atoms with Crippen LogP contribution in [0.15, 0.2) is 24.5 Å². The predicted molar refractivity (Wildman–Crippen MR) is 55.5 cm³/mol. The normalized spacial score (nSPS) is 10.8. The number of aromatic amines is 1. The van der Waals surface area contributed by atoms with Gasteiger partial charge in [0, 0.05) is 6.07 Å². The number of benzene rings is 1. The summed E-state index contributed by atoms with van der Waals surface area (Å²) in [4.78, 5) is 17.3. The lowest BCUT2D eigenvalue weighted by Crippen LogP contribution is -1.97. The van der Waals surface area contributed by atoms with Crippen LogP contribution in [0.4, 0.5) is 5.69 Å². The number of nitrogens with zero attached hydrogens (tertiary/aromatic N) is 6. The molecular weight excluding hydrogens is 226 g/mol. The summed E-state index contributed by atoms with van der Waals surface area (Å²) >= 11 is 0. The van der Waals surface area contributed by atoms with E-state index in [1.807, 2.05) is 0 Å². The Labute approximate surface area is 93.2 Å². The number of fused-ring (bicyclic) bond motifs is 1. The molecule has 2 aromatic heterocycles. The zero-order chi connectivity index (χ0) is 11.8. The Kier molecular flexibility index (Phi) is 1.84. The van der Waals surface area contributed by atoms with Gasteiger partial charge in [0.15, 0.2) is 5.52 Å². The first-order chi connectivity index (χ1) is 8.25. The van der Waals surface area contributed by atoms with Gasteiger partial charge in [0.05, 0.1) is 10.4 Å². The van der Waals surface area contributed by atoms with Crippen molar-refractivity contribution in [2.24, 2.45) is 0 Å². The summed E-state index contributed by atoms with van der Waals surface area (Å²) in [5.74, 6) is 0.333. The molecule has 0 aliphatic heterocycles. The number of hydrogen-bond donors (Lipinski definition) is 1. The van der Waals surface area contributed by atoms with Gasteiger partial charge < -0.3 is 4.98 Å². The van der Waals surface area contributed by atoms with Crippen molar-refractivity contribution in [3.63, 3.8) is 0 Å². The molecule has 84 valence electrons. The zero-order valence-electron chi connectivity index (χ0n) is 8.31. The van der Waals surface area contributed by atoms with E-state index >= 15 is 0 Å². The highest BCUT2D eigenvalue weighted by molar-refractivity contribution is 5.85. The summed E-state index contributed by atoms with van der Waals surface area (Å²) in [6.45, 7) is 0. The quantitative estimate of drug-likeness (QED) is 0.505. The van der Waals surface area contributed by atoms with Gasteiger partial charge in [0.2, 0.25) is 5.95 Å². The van der Waals surface area contributed by atoms with Crippen LogP contribution in [-0.2, 0) is 0 Å². The summed E-state index contributed by atoms with van der Waals surface area (Å²) < 4.78 is 1.30. The Balaban J connectivity index is 2.26.